The van der Waals surface area contributed by atoms with Crippen molar-refractivity contribution < 1.29 is 0 Å². The van der Waals surface area contributed by atoms with Crippen molar-refractivity contribution in [1.82, 2.24) is 0 Å². The molecule has 0 amide bonds. The van der Waals surface area contributed by atoms with Gasteiger partial charge in [0.15, 0.2) is 0 Å². The molecule has 1 heterocycles. The molecule has 2 atom stereocenters. The topological polar surface area (TPSA) is 0 Å². The third-order valence-electron chi connectivity index (χ3n) is 2.70. The molecule has 0 aromatic heterocycles. The molecule has 1 saturated heterocycles. The van der Waals surface area contributed by atoms with Crippen LogP contribution in [-0.4, -0.2) is 23.9 Å². The average molecular weight is 177 g/mol. The molecule has 1 aliphatic heterocycles. The van der Waals surface area contributed by atoms with E-state index in [-0.39, 0.29) is 7.92 Å². The van der Waals surface area contributed by atoms with Gasteiger partial charge >= 0.3 is 0 Å². The second-order valence-electron chi connectivity index (χ2n) is 3.18. The molecule has 58 valence electrons. The summed E-state index contributed by atoms with van der Waals surface area (Å²) in [5.74, 6) is 0.642. The first kappa shape index (κ1) is 8.56. The molecule has 0 aliphatic carbocycles. The van der Waals surface area contributed by atoms with Crippen LogP contribution in [0.25, 0.3) is 0 Å². The minimum Gasteiger partial charge on any atom is -0.122 e. The van der Waals surface area contributed by atoms with Crippen LogP contribution in [0.4, 0.5) is 0 Å². The van der Waals surface area contributed by atoms with Gasteiger partial charge in [0.25, 0.3) is 0 Å². The fraction of sp³-hybridized carbons (Fsp3) is 0.750. The highest BCUT2D eigenvalue weighted by atomic mass is 35.5. The summed E-state index contributed by atoms with van der Waals surface area (Å²) in [6, 6.07) is 0. The molecule has 0 bridgehead atoms. The Morgan fingerprint density at radius 2 is 2.40 bits per heavy atom. The van der Waals surface area contributed by atoms with E-state index < -0.39 is 0 Å². The molecular formula is C8H14ClP. The number of alkyl halides is 1. The Labute approximate surface area is 69.4 Å². The average Bonchev–Trinajstić information content (AvgIpc) is 1.98. The van der Waals surface area contributed by atoms with Gasteiger partial charge in [0.2, 0.25) is 0 Å². The Hall–Kier alpha value is 0.460. The van der Waals surface area contributed by atoms with E-state index in [4.69, 9.17) is 11.6 Å². The van der Waals surface area contributed by atoms with E-state index in [1.54, 1.807) is 0 Å². The van der Waals surface area contributed by atoms with Gasteiger partial charge in [0.05, 0.1) is 0 Å². The van der Waals surface area contributed by atoms with E-state index in [1.165, 1.54) is 18.2 Å². The molecule has 0 aromatic carbocycles. The van der Waals surface area contributed by atoms with Crippen molar-refractivity contribution in [2.24, 2.45) is 0 Å². The summed E-state index contributed by atoms with van der Waals surface area (Å²) in [4.78, 5) is 0. The van der Waals surface area contributed by atoms with E-state index in [1.807, 2.05) is 0 Å². The zero-order valence-corrected chi connectivity index (χ0v) is 8.30. The molecule has 2 heteroatoms. The lowest BCUT2D eigenvalue weighted by Crippen LogP contribution is -2.35. The van der Waals surface area contributed by atoms with Crippen LogP contribution in [0.2, 0.25) is 0 Å². The second-order valence-corrected chi connectivity index (χ2v) is 6.28. The highest BCUT2D eigenvalue weighted by Gasteiger charge is 2.40. The van der Waals surface area contributed by atoms with Gasteiger partial charge in [0, 0.05) is 11.0 Å². The predicted molar refractivity (Wildman–Crippen MR) is 50.6 cm³/mol. The standard InChI is InChI=1S/C8H14ClP/c1-7(6-9)8(2)4-5-10(8)3/h1,4-6H2,2-3H3. The number of hydrogen-bond acceptors (Lipinski definition) is 0. The lowest BCUT2D eigenvalue weighted by atomic mass is 9.99. The van der Waals surface area contributed by atoms with Crippen molar-refractivity contribution in [3.63, 3.8) is 0 Å². The van der Waals surface area contributed by atoms with E-state index in [9.17, 15) is 0 Å². The Morgan fingerprint density at radius 3 is 2.50 bits per heavy atom. The van der Waals surface area contributed by atoms with Crippen LogP contribution in [0.5, 0.6) is 0 Å². The Balaban J connectivity index is 2.60. The summed E-state index contributed by atoms with van der Waals surface area (Å²) in [5, 5.41) is 0.428. The highest BCUT2D eigenvalue weighted by molar-refractivity contribution is 7.60. The van der Waals surface area contributed by atoms with Gasteiger partial charge in [-0.05, 0) is 19.2 Å². The van der Waals surface area contributed by atoms with Crippen LogP contribution in [0.3, 0.4) is 0 Å². The first-order chi connectivity index (χ1) is 4.61. The van der Waals surface area contributed by atoms with Gasteiger partial charge < -0.3 is 0 Å². The summed E-state index contributed by atoms with van der Waals surface area (Å²) < 4.78 is 0. The summed E-state index contributed by atoms with van der Waals surface area (Å²) in [6.07, 6.45) is 2.71. The number of allylic oxidation sites excluding steroid dienone is 1. The predicted octanol–water partition coefficient (Wildman–Crippen LogP) is 3.06. The molecule has 0 N–H and O–H groups in total. The van der Waals surface area contributed by atoms with Gasteiger partial charge in [-0.1, -0.05) is 27.0 Å². The van der Waals surface area contributed by atoms with Crippen molar-refractivity contribution in [2.75, 3.05) is 18.7 Å². The first-order valence-corrected chi connectivity index (χ1v) is 6.07. The molecule has 0 radical (unpaired) electrons. The van der Waals surface area contributed by atoms with Gasteiger partial charge in [-0.3, -0.25) is 0 Å². The molecule has 0 saturated carbocycles. The Bertz CT molecular complexity index is 155. The van der Waals surface area contributed by atoms with Crippen LogP contribution < -0.4 is 0 Å². The lowest BCUT2D eigenvalue weighted by Gasteiger charge is -2.47. The van der Waals surface area contributed by atoms with Crippen LogP contribution in [0.15, 0.2) is 12.2 Å². The lowest BCUT2D eigenvalue weighted by molar-refractivity contribution is 0.652. The Kier molecular flexibility index (Phi) is 2.42. The SMILES string of the molecule is C=C(CCl)C1(C)CCP1C. The minimum absolute atomic E-state index is 0.208. The molecule has 1 aliphatic rings. The van der Waals surface area contributed by atoms with Gasteiger partial charge in [0.1, 0.15) is 0 Å². The van der Waals surface area contributed by atoms with Crippen molar-refractivity contribution in [3.8, 4) is 0 Å². The summed E-state index contributed by atoms with van der Waals surface area (Å²) in [5.41, 5.74) is 1.24. The molecule has 1 fully saturated rings. The van der Waals surface area contributed by atoms with Crippen molar-refractivity contribution >= 4 is 19.5 Å². The van der Waals surface area contributed by atoms with Crippen LogP contribution in [-0.2, 0) is 0 Å². The molecule has 1 rings (SSSR count). The van der Waals surface area contributed by atoms with Gasteiger partial charge in [-0.25, -0.2) is 0 Å². The summed E-state index contributed by atoms with van der Waals surface area (Å²) in [7, 11) is 0.208. The monoisotopic (exact) mass is 176 g/mol. The first-order valence-electron chi connectivity index (χ1n) is 3.56. The highest BCUT2D eigenvalue weighted by Crippen LogP contribution is 2.62. The van der Waals surface area contributed by atoms with Gasteiger partial charge in [-0.2, -0.15) is 0 Å². The van der Waals surface area contributed by atoms with E-state index in [0.29, 0.717) is 11.0 Å². The molecule has 2 unspecified atom stereocenters. The molecule has 10 heavy (non-hydrogen) atoms. The molecule has 0 nitrogen and oxygen atoms in total. The quantitative estimate of drug-likeness (QED) is 0.345. The largest absolute Gasteiger partial charge is 0.122 e. The van der Waals surface area contributed by atoms with Crippen molar-refractivity contribution in [3.05, 3.63) is 12.2 Å². The zero-order valence-electron chi connectivity index (χ0n) is 6.65. The maximum Gasteiger partial charge on any atom is 0.0439 e. The Morgan fingerprint density at radius 1 is 1.80 bits per heavy atom. The van der Waals surface area contributed by atoms with Crippen molar-refractivity contribution in [2.45, 2.75) is 18.5 Å². The number of hydrogen-bond donors (Lipinski definition) is 0. The zero-order chi connectivity index (χ0) is 7.78. The van der Waals surface area contributed by atoms with Crippen LogP contribution >= 0.6 is 19.5 Å². The smallest absolute Gasteiger partial charge is 0.0439 e. The molecular weight excluding hydrogens is 163 g/mol. The summed E-state index contributed by atoms with van der Waals surface area (Å²) >= 11 is 5.73. The van der Waals surface area contributed by atoms with E-state index in [2.05, 4.69) is 20.2 Å². The third-order valence-corrected chi connectivity index (χ3v) is 6.14. The fourth-order valence-electron chi connectivity index (χ4n) is 1.26. The third kappa shape index (κ3) is 1.12. The fourth-order valence-corrected chi connectivity index (χ4v) is 3.61. The second kappa shape index (κ2) is 2.83. The summed E-state index contributed by atoms with van der Waals surface area (Å²) in [6.45, 7) is 8.64. The molecule has 0 aromatic rings. The van der Waals surface area contributed by atoms with Crippen LogP contribution in [0.1, 0.15) is 13.3 Å². The van der Waals surface area contributed by atoms with Crippen LogP contribution in [0, 0.1) is 0 Å². The normalized spacial score (nSPS) is 38.9. The van der Waals surface area contributed by atoms with Gasteiger partial charge in [-0.15, -0.1) is 11.6 Å². The number of halogens is 1. The van der Waals surface area contributed by atoms with E-state index in [0.717, 1.165) is 0 Å². The molecule has 0 spiro atoms. The maximum atomic E-state index is 5.73. The van der Waals surface area contributed by atoms with E-state index >= 15 is 0 Å². The number of rotatable bonds is 2. The minimum atomic E-state index is 0.208. The maximum absolute atomic E-state index is 5.73. The van der Waals surface area contributed by atoms with Crippen molar-refractivity contribution in [1.29, 1.82) is 0 Å².